The number of hydrogen-bond donors (Lipinski definition) is 5. The lowest BCUT2D eigenvalue weighted by atomic mass is 9.77. The number of amides is 5. The fraction of sp³-hybridized carbons (Fsp3) is 0.237. The number of thiophene rings is 2. The lowest BCUT2D eigenvalue weighted by molar-refractivity contribution is -0.131. The summed E-state index contributed by atoms with van der Waals surface area (Å²) in [7, 11) is 9.94. The first-order valence-corrected chi connectivity index (χ1v) is 44.5. The molecule has 0 saturated carbocycles. The zero-order chi connectivity index (χ0) is 94.0. The van der Waals surface area contributed by atoms with Gasteiger partial charge in [0.25, 0.3) is 5.91 Å². The number of benzene rings is 7. The van der Waals surface area contributed by atoms with E-state index in [2.05, 4.69) is 62.8 Å². The minimum Gasteiger partial charge on any atom is -0.435 e. The molecule has 7 aromatic carbocycles. The summed E-state index contributed by atoms with van der Waals surface area (Å²) in [5, 5.41) is 27.8. The number of pyridine rings is 1. The Morgan fingerprint density at radius 2 is 1.11 bits per heavy atom. The maximum absolute atomic E-state index is 13.5. The number of nitriles is 2. The minimum absolute atomic E-state index is 0.00401. The Balaban J connectivity index is 0.000000141. The van der Waals surface area contributed by atoms with Gasteiger partial charge >= 0.3 is 6.61 Å². The van der Waals surface area contributed by atoms with E-state index < -0.39 is 52.0 Å². The normalized spacial score (nSPS) is 21.3. The van der Waals surface area contributed by atoms with Crippen LogP contribution in [0, 0.1) is 28.5 Å². The fourth-order valence-corrected chi connectivity index (χ4v) is 19.9. The summed E-state index contributed by atoms with van der Waals surface area (Å²) < 4.78 is 45.7. The van der Waals surface area contributed by atoms with Crippen LogP contribution in [0.25, 0.3) is 54.0 Å². The van der Waals surface area contributed by atoms with Crippen molar-refractivity contribution >= 4 is 155 Å². The van der Waals surface area contributed by atoms with Crippen molar-refractivity contribution in [2.75, 3.05) is 35.2 Å². The van der Waals surface area contributed by atoms with Gasteiger partial charge in [0.2, 0.25) is 23.6 Å². The van der Waals surface area contributed by atoms with Gasteiger partial charge in [-0.15, -0.1) is 34.0 Å². The van der Waals surface area contributed by atoms with Crippen LogP contribution < -0.4 is 33.4 Å². The lowest BCUT2D eigenvalue weighted by Crippen LogP contribution is -2.52. The number of nitrogens with two attached hydrogens (primary N) is 5. The third-order valence-corrected chi connectivity index (χ3v) is 28.1. The van der Waals surface area contributed by atoms with E-state index in [9.17, 15) is 47.7 Å². The highest BCUT2D eigenvalue weighted by Crippen LogP contribution is 2.51. The summed E-state index contributed by atoms with van der Waals surface area (Å²) in [5.41, 5.74) is 35.5. The first-order chi connectivity index (χ1) is 61.6. The molecular weight excluding hydrogens is 1850 g/mol. The van der Waals surface area contributed by atoms with Crippen molar-refractivity contribution in [1.82, 2.24) is 44.2 Å². The van der Waals surface area contributed by atoms with Crippen molar-refractivity contribution in [2.24, 2.45) is 60.7 Å². The smallest absolute Gasteiger partial charge is 0.387 e. The number of hydrogen-bond acceptors (Lipinski definition) is 24. The molecule has 10 N–H and O–H groups in total. The molecular formula is C93H86BrCl3F3N21O6S3. The molecule has 7 atom stereocenters. The number of fused-ring (bicyclic) bond motifs is 1. The summed E-state index contributed by atoms with van der Waals surface area (Å²) >= 11 is 26.1. The van der Waals surface area contributed by atoms with Gasteiger partial charge in [0, 0.05) is 88.6 Å². The second kappa shape index (κ2) is 38.2. The molecule has 0 spiro atoms. The molecule has 10 heterocycles. The number of nitrogens with zero attached hydrogens (tertiary/aromatic N) is 16. The summed E-state index contributed by atoms with van der Waals surface area (Å²) in [5.74, 6) is -1.48. The van der Waals surface area contributed by atoms with Gasteiger partial charge in [-0.2, -0.15) is 24.4 Å². The van der Waals surface area contributed by atoms with Gasteiger partial charge < -0.3 is 33.4 Å². The number of likely N-dealkylation sites (N-methyl/N-ethyl adjacent to an activating group) is 3. The number of carbonyl (C=O) groups excluding carboxylic acids is 5. The molecule has 5 aliphatic rings. The molecule has 5 aromatic heterocycles. The van der Waals surface area contributed by atoms with Crippen LogP contribution in [0.15, 0.2) is 235 Å². The Morgan fingerprint density at radius 3 is 1.72 bits per heavy atom. The van der Waals surface area contributed by atoms with Gasteiger partial charge in [-0.3, -0.25) is 53.2 Å². The predicted molar refractivity (Wildman–Crippen MR) is 507 cm³/mol. The Bertz CT molecular complexity index is 6690. The van der Waals surface area contributed by atoms with Crippen LogP contribution in [0.1, 0.15) is 114 Å². The van der Waals surface area contributed by atoms with Crippen LogP contribution in [0.3, 0.4) is 0 Å². The zero-order valence-corrected chi connectivity index (χ0v) is 78.1. The van der Waals surface area contributed by atoms with Crippen molar-refractivity contribution in [3.05, 3.63) is 280 Å². The van der Waals surface area contributed by atoms with Crippen molar-refractivity contribution in [2.45, 2.75) is 100 Å². The third-order valence-electron chi connectivity index (χ3n) is 23.1. The number of rotatable bonds is 14. The van der Waals surface area contributed by atoms with E-state index in [1.165, 1.54) is 65.4 Å². The number of thiazole rings is 1. The molecule has 17 rings (SSSR count). The molecule has 666 valence electrons. The molecule has 2 unspecified atom stereocenters. The van der Waals surface area contributed by atoms with Crippen molar-refractivity contribution < 1.29 is 41.9 Å². The van der Waals surface area contributed by atoms with Crippen LogP contribution in [0.4, 0.5) is 13.2 Å². The minimum atomic E-state index is -2.93. The molecule has 0 aliphatic carbocycles. The zero-order valence-electron chi connectivity index (χ0n) is 71.8. The molecule has 5 amide bonds. The quantitative estimate of drug-likeness (QED) is 0.0631. The highest BCUT2D eigenvalue weighted by molar-refractivity contribution is 9.10. The second-order valence-electron chi connectivity index (χ2n) is 31.7. The number of halogens is 7. The second-order valence-corrected chi connectivity index (χ2v) is 36.9. The van der Waals surface area contributed by atoms with Crippen LogP contribution in [0.2, 0.25) is 15.2 Å². The van der Waals surface area contributed by atoms with Gasteiger partial charge in [0.1, 0.15) is 38.3 Å². The molecule has 27 nitrogen and oxygen atoms in total. The van der Waals surface area contributed by atoms with Crippen molar-refractivity contribution in [1.29, 1.82) is 10.5 Å². The Kier molecular flexibility index (Phi) is 27.8. The highest BCUT2D eigenvalue weighted by atomic mass is 79.9. The summed E-state index contributed by atoms with van der Waals surface area (Å²) in [6, 6.07) is 58.5. The monoisotopic (exact) mass is 1930 g/mol. The average molecular weight is 1930 g/mol. The van der Waals surface area contributed by atoms with Crippen LogP contribution in [-0.4, -0.2) is 145 Å². The van der Waals surface area contributed by atoms with E-state index >= 15 is 0 Å². The largest absolute Gasteiger partial charge is 0.435 e. The third kappa shape index (κ3) is 19.4. The SMILES string of the molecule is CC[C@@]1(c2cccc(Br)c2)CC(=O)N(C)C(N)=N1.CN1C(=O)C(C)(c2cccc(-c3cc(F)cnc3Cl)c2)N=C1N.CN1C(=O)C(c2ccc(OC(F)F)cc2)[C@@](C)(c2ccc(-c3cccc(C#N)c3)s2)N=C1N.CN1C(=O)C[C@@](C)(c2ncc(-c3cc(Cl)cc(Cl)c3)s2)N=C1N.CN1C(=O)[C@@H](c2ccc3c(cnn3C)c2)[C@@](C)(c2cc(-c3cccc(C#N)c3)cs2)N=C1N. The lowest BCUT2D eigenvalue weighted by Gasteiger charge is -2.40. The van der Waals surface area contributed by atoms with Crippen LogP contribution in [0.5, 0.6) is 5.75 Å². The van der Waals surface area contributed by atoms with Gasteiger partial charge in [-0.05, 0) is 199 Å². The first-order valence-electron chi connectivity index (χ1n) is 40.0. The van der Waals surface area contributed by atoms with E-state index in [0.29, 0.717) is 49.8 Å². The molecule has 5 aliphatic heterocycles. The van der Waals surface area contributed by atoms with Crippen LogP contribution in [-0.2, 0) is 58.7 Å². The van der Waals surface area contributed by atoms with Gasteiger partial charge in [0.15, 0.2) is 35.3 Å². The first kappa shape index (κ1) is 94.4. The molecule has 0 fully saturated rings. The molecule has 0 radical (unpaired) electrons. The number of guanidine groups is 5. The molecule has 0 saturated heterocycles. The fourth-order valence-electron chi connectivity index (χ4n) is 15.6. The number of aryl methyl sites for hydroxylation is 1. The predicted octanol–water partition coefficient (Wildman–Crippen LogP) is 16.9. The highest BCUT2D eigenvalue weighted by Gasteiger charge is 2.51. The van der Waals surface area contributed by atoms with Gasteiger partial charge in [0.05, 0.1) is 76.3 Å². The van der Waals surface area contributed by atoms with Crippen molar-refractivity contribution in [3.8, 4) is 61.0 Å². The number of ether oxygens (including phenoxy) is 1. The number of aromatic nitrogens is 4. The van der Waals surface area contributed by atoms with Gasteiger partial charge in [-0.25, -0.2) is 39.3 Å². The maximum Gasteiger partial charge on any atom is 0.387 e. The molecule has 12 aromatic rings. The Morgan fingerprint density at radius 1 is 0.538 bits per heavy atom. The maximum atomic E-state index is 13.5. The molecule has 130 heavy (non-hydrogen) atoms. The average Bonchev–Trinajstić information content (AvgIpc) is 1.42. The van der Waals surface area contributed by atoms with E-state index in [1.807, 2.05) is 148 Å². The van der Waals surface area contributed by atoms with Crippen LogP contribution >= 0.6 is 84.7 Å². The Labute approximate surface area is 782 Å². The van der Waals surface area contributed by atoms with E-state index in [4.69, 9.17) is 73.5 Å². The van der Waals surface area contributed by atoms with E-state index in [1.54, 1.807) is 127 Å². The summed E-state index contributed by atoms with van der Waals surface area (Å²) in [6.07, 6.45) is 5.92. The Hall–Kier alpha value is -13.2. The van der Waals surface area contributed by atoms with Gasteiger partial charge in [-0.1, -0.05) is 130 Å². The number of alkyl halides is 2. The summed E-state index contributed by atoms with van der Waals surface area (Å²) in [6.45, 7) is 6.44. The number of carbonyl (C=O) groups is 5. The molecule has 0 bridgehead atoms. The van der Waals surface area contributed by atoms with Crippen molar-refractivity contribution in [3.63, 3.8) is 0 Å². The summed E-state index contributed by atoms with van der Waals surface area (Å²) in [4.78, 5) is 105. The number of aliphatic imine (C=N–C) groups is 5. The standard InChI is InChI=1S/C25H22N6OS.C24H20F2N4O2S.C16H14ClFN4O.C15H14Cl2N4OS.C13H16BrN3O/c1-25(21-11-19(14-33-21)16-6-4-5-15(9-16)12-26)22(23(32)30(2)24(27)29-25)17-7-8-20-18(10-17)13-28-31(20)3;1-24(19-11-10-18(33-19)16-5-3-4-14(12-16)13-27)20(21(31)30(2)23(28)29-24)15-6-8-17(9-7-15)32-22(25)26;1-16(14(23)22(2)15(19)21-16)10-5-3-4-9(6-10)12-7-11(18)8-20-13(12)17;1-15(6-12(22)21(2)14(18)20-15)13-19-7-11(23-13)8-3-9(16)5-10(17)4-8;1-3-13(9-5-4-6-10(14)7-9)8-11(18)17(2)12(15)16-13/h4-11,13-14,22H,1-3H3,(H2,27,29);3-12,20,22H,1-2H3,(H2,28,29);3-8H,1-2H3,(H2,19,21);3-5,7H,6H2,1-2H3,(H2,18,20);4-7H,3,8H2,1-2H3,(H2,15,16)/t22-,25-;20?,24-;;15-;13-/m11.00/s1. The van der Waals surface area contributed by atoms with E-state index in [-0.39, 0.29) is 76.7 Å². The van der Waals surface area contributed by atoms with E-state index in [0.717, 1.165) is 85.9 Å². The topological polar surface area (TPSA) is 394 Å². The molecule has 37 heteroatoms.